The second kappa shape index (κ2) is 6.31. The molecule has 2 amide bonds. The van der Waals surface area contributed by atoms with Crippen LogP contribution in [0.2, 0.25) is 0 Å². The Hall–Kier alpha value is -2.12. The number of amides is 2. The molecule has 2 N–H and O–H groups in total. The molecule has 4 rings (SSSR count). The Morgan fingerprint density at radius 3 is 2.52 bits per heavy atom. The molecular formula is C18H25N5O2. The number of carbonyl (C=O) groups is 1. The Labute approximate surface area is 148 Å². The molecule has 134 valence electrons. The van der Waals surface area contributed by atoms with E-state index in [-0.39, 0.29) is 6.04 Å². The van der Waals surface area contributed by atoms with E-state index in [4.69, 9.17) is 10.6 Å². The lowest BCUT2D eigenvalue weighted by Crippen LogP contribution is -2.52. The summed E-state index contributed by atoms with van der Waals surface area (Å²) >= 11 is 0. The second-order valence-electron chi connectivity index (χ2n) is 7.21. The van der Waals surface area contributed by atoms with Crippen molar-refractivity contribution in [3.8, 4) is 0 Å². The normalized spacial score (nSPS) is 31.5. The highest BCUT2D eigenvalue weighted by Crippen LogP contribution is 2.40. The fraction of sp³-hybridized carbons (Fsp3) is 0.556. The SMILES string of the molecule is CN1C=NC(c2ccccc2N(C(N)=O)C2CC3CCC(C2)N3C)O1. The summed E-state index contributed by atoms with van der Waals surface area (Å²) in [7, 11) is 3.99. The van der Waals surface area contributed by atoms with Crippen LogP contribution in [-0.2, 0) is 4.84 Å². The van der Waals surface area contributed by atoms with Crippen LogP contribution >= 0.6 is 0 Å². The van der Waals surface area contributed by atoms with Gasteiger partial charge in [0.2, 0.25) is 6.23 Å². The highest BCUT2D eigenvalue weighted by Gasteiger charge is 2.42. The minimum absolute atomic E-state index is 0.121. The molecule has 0 spiro atoms. The van der Waals surface area contributed by atoms with Crippen molar-refractivity contribution in [1.29, 1.82) is 0 Å². The number of piperidine rings is 1. The molecule has 2 fully saturated rings. The number of anilines is 1. The van der Waals surface area contributed by atoms with Crippen molar-refractivity contribution < 1.29 is 9.63 Å². The standard InChI is InChI=1S/C18H25N5O2/c1-21-11-20-17(25-21)15-5-3-4-6-16(15)23(18(19)24)14-9-12-7-8-13(10-14)22(12)2/h3-6,11-14,17H,7-10H2,1-2H3,(H2,19,24). The van der Waals surface area contributed by atoms with Crippen LogP contribution in [0, 0.1) is 0 Å². The number of nitrogens with two attached hydrogens (primary N) is 1. The third-order valence-electron chi connectivity index (χ3n) is 5.77. The Balaban J connectivity index is 1.66. The molecule has 3 unspecified atom stereocenters. The Kier molecular flexibility index (Phi) is 4.13. The molecule has 0 aromatic heterocycles. The number of para-hydroxylation sites is 1. The van der Waals surface area contributed by atoms with Crippen molar-refractivity contribution in [1.82, 2.24) is 9.96 Å². The number of hydroxylamine groups is 2. The highest BCUT2D eigenvalue weighted by molar-refractivity contribution is 5.92. The first kappa shape index (κ1) is 16.4. The zero-order chi connectivity index (χ0) is 17.6. The quantitative estimate of drug-likeness (QED) is 0.912. The third kappa shape index (κ3) is 2.87. The van der Waals surface area contributed by atoms with Gasteiger partial charge in [-0.15, -0.1) is 0 Å². The lowest BCUT2D eigenvalue weighted by atomic mass is 9.95. The van der Waals surface area contributed by atoms with E-state index in [1.807, 2.05) is 24.3 Å². The van der Waals surface area contributed by atoms with Gasteiger partial charge in [0, 0.05) is 30.7 Å². The van der Waals surface area contributed by atoms with Crippen LogP contribution in [0.3, 0.4) is 0 Å². The number of benzene rings is 1. The number of rotatable bonds is 3. The molecule has 1 aromatic carbocycles. The van der Waals surface area contributed by atoms with Crippen molar-refractivity contribution in [3.05, 3.63) is 29.8 Å². The molecule has 7 nitrogen and oxygen atoms in total. The average Bonchev–Trinajstić information content (AvgIpc) is 3.08. The number of carbonyl (C=O) groups excluding carboxylic acids is 1. The summed E-state index contributed by atoms with van der Waals surface area (Å²) in [6, 6.07) is 8.54. The van der Waals surface area contributed by atoms with E-state index in [1.165, 1.54) is 12.8 Å². The van der Waals surface area contributed by atoms with Crippen LogP contribution in [0.4, 0.5) is 10.5 Å². The highest BCUT2D eigenvalue weighted by atomic mass is 16.7. The van der Waals surface area contributed by atoms with Crippen molar-refractivity contribution in [3.63, 3.8) is 0 Å². The molecular weight excluding hydrogens is 318 g/mol. The Morgan fingerprint density at radius 1 is 1.24 bits per heavy atom. The topological polar surface area (TPSA) is 74.4 Å². The molecule has 0 radical (unpaired) electrons. The zero-order valence-electron chi connectivity index (χ0n) is 14.7. The summed E-state index contributed by atoms with van der Waals surface area (Å²) in [6.45, 7) is 0. The van der Waals surface area contributed by atoms with Crippen LogP contribution in [0.1, 0.15) is 37.5 Å². The molecule has 25 heavy (non-hydrogen) atoms. The van der Waals surface area contributed by atoms with Gasteiger partial charge in [-0.1, -0.05) is 18.2 Å². The van der Waals surface area contributed by atoms with Gasteiger partial charge in [-0.05, 0) is 38.8 Å². The second-order valence-corrected chi connectivity index (χ2v) is 7.21. The van der Waals surface area contributed by atoms with Gasteiger partial charge in [0.25, 0.3) is 0 Å². The van der Waals surface area contributed by atoms with Crippen LogP contribution < -0.4 is 10.6 Å². The van der Waals surface area contributed by atoms with E-state index in [1.54, 1.807) is 23.3 Å². The molecule has 2 saturated heterocycles. The lowest BCUT2D eigenvalue weighted by molar-refractivity contribution is -0.103. The van der Waals surface area contributed by atoms with Gasteiger partial charge >= 0.3 is 6.03 Å². The predicted octanol–water partition coefficient (Wildman–Crippen LogP) is 2.10. The molecule has 3 atom stereocenters. The van der Waals surface area contributed by atoms with Gasteiger partial charge in [-0.2, -0.15) is 0 Å². The number of primary amides is 1. The number of hydrogen-bond donors (Lipinski definition) is 1. The van der Waals surface area contributed by atoms with E-state index < -0.39 is 12.3 Å². The third-order valence-corrected chi connectivity index (χ3v) is 5.77. The van der Waals surface area contributed by atoms with Crippen LogP contribution in [0.25, 0.3) is 0 Å². The zero-order valence-corrected chi connectivity index (χ0v) is 14.7. The van der Waals surface area contributed by atoms with E-state index in [2.05, 4.69) is 16.9 Å². The van der Waals surface area contributed by atoms with Gasteiger partial charge in [0.05, 0.1) is 5.69 Å². The van der Waals surface area contributed by atoms with Gasteiger partial charge < -0.3 is 10.6 Å². The molecule has 0 saturated carbocycles. The maximum absolute atomic E-state index is 12.4. The summed E-state index contributed by atoms with van der Waals surface area (Å²) in [4.78, 5) is 26.7. The Morgan fingerprint density at radius 2 is 1.92 bits per heavy atom. The molecule has 3 aliphatic heterocycles. The van der Waals surface area contributed by atoms with Crippen molar-refractivity contribution in [2.45, 2.75) is 50.0 Å². The van der Waals surface area contributed by atoms with Crippen LogP contribution in [0.15, 0.2) is 29.3 Å². The minimum Gasteiger partial charge on any atom is -0.351 e. The number of fused-ring (bicyclic) bond motifs is 2. The maximum Gasteiger partial charge on any atom is 0.319 e. The van der Waals surface area contributed by atoms with Crippen molar-refractivity contribution >= 4 is 18.1 Å². The fourth-order valence-electron chi connectivity index (χ4n) is 4.51. The average molecular weight is 343 g/mol. The molecule has 1 aromatic rings. The predicted molar refractivity (Wildman–Crippen MR) is 96.2 cm³/mol. The number of hydrogen-bond acceptors (Lipinski definition) is 5. The molecule has 7 heteroatoms. The summed E-state index contributed by atoms with van der Waals surface area (Å²) in [5, 5.41) is 1.58. The molecule has 0 aliphatic carbocycles. The van der Waals surface area contributed by atoms with E-state index in [0.717, 1.165) is 24.1 Å². The summed E-state index contributed by atoms with van der Waals surface area (Å²) in [5.74, 6) is 0. The van der Waals surface area contributed by atoms with Crippen LogP contribution in [0.5, 0.6) is 0 Å². The molecule has 3 aliphatic rings. The lowest BCUT2D eigenvalue weighted by Gasteiger charge is -2.41. The van der Waals surface area contributed by atoms with E-state index >= 15 is 0 Å². The first-order chi connectivity index (χ1) is 12.0. The largest absolute Gasteiger partial charge is 0.351 e. The van der Waals surface area contributed by atoms with E-state index in [0.29, 0.717) is 12.1 Å². The summed E-state index contributed by atoms with van der Waals surface area (Å²) in [5.41, 5.74) is 7.50. The van der Waals surface area contributed by atoms with Crippen LogP contribution in [-0.4, -0.2) is 54.6 Å². The number of urea groups is 1. The number of nitrogens with zero attached hydrogens (tertiary/aromatic N) is 4. The smallest absolute Gasteiger partial charge is 0.319 e. The first-order valence-electron chi connectivity index (χ1n) is 8.87. The minimum atomic E-state index is -0.439. The molecule has 2 bridgehead atoms. The van der Waals surface area contributed by atoms with Gasteiger partial charge in [0.1, 0.15) is 6.34 Å². The summed E-state index contributed by atoms with van der Waals surface area (Å²) in [6.07, 6.45) is 5.52. The van der Waals surface area contributed by atoms with Gasteiger partial charge in [-0.25, -0.2) is 19.7 Å². The maximum atomic E-state index is 12.4. The van der Waals surface area contributed by atoms with E-state index in [9.17, 15) is 4.79 Å². The van der Waals surface area contributed by atoms with Crippen molar-refractivity contribution in [2.75, 3.05) is 19.0 Å². The fourth-order valence-corrected chi connectivity index (χ4v) is 4.51. The number of aliphatic imine (C=N–C) groups is 1. The van der Waals surface area contributed by atoms with Gasteiger partial charge in [0.15, 0.2) is 0 Å². The first-order valence-corrected chi connectivity index (χ1v) is 8.87. The monoisotopic (exact) mass is 343 g/mol. The summed E-state index contributed by atoms with van der Waals surface area (Å²) < 4.78 is 0. The van der Waals surface area contributed by atoms with Crippen molar-refractivity contribution in [2.24, 2.45) is 10.7 Å². The molecule has 3 heterocycles. The van der Waals surface area contributed by atoms with Gasteiger partial charge in [-0.3, -0.25) is 4.90 Å². The Bertz CT molecular complexity index is 680.